The number of aryl methyl sites for hydroxylation is 1. The second-order valence-electron chi connectivity index (χ2n) is 4.95. The van der Waals surface area contributed by atoms with E-state index in [-0.39, 0.29) is 11.3 Å². The highest BCUT2D eigenvalue weighted by Crippen LogP contribution is 2.27. The Morgan fingerprint density at radius 2 is 1.88 bits per heavy atom. The van der Waals surface area contributed by atoms with Crippen molar-refractivity contribution in [3.8, 4) is 5.75 Å². The molecule has 7 heteroatoms. The quantitative estimate of drug-likeness (QED) is 0.799. The van der Waals surface area contributed by atoms with Crippen molar-refractivity contribution in [3.05, 3.63) is 57.6 Å². The van der Waals surface area contributed by atoms with Crippen molar-refractivity contribution in [2.45, 2.75) is 13.3 Å². The van der Waals surface area contributed by atoms with Gasteiger partial charge in [-0.25, -0.2) is 4.79 Å². The number of aliphatic carboxylic acids is 1. The van der Waals surface area contributed by atoms with Gasteiger partial charge in [0.1, 0.15) is 5.75 Å². The number of anilines is 1. The van der Waals surface area contributed by atoms with Crippen molar-refractivity contribution >= 4 is 40.8 Å². The summed E-state index contributed by atoms with van der Waals surface area (Å²) in [7, 11) is 0. The van der Waals surface area contributed by atoms with Crippen LogP contribution in [-0.2, 0) is 11.2 Å². The van der Waals surface area contributed by atoms with Crippen LogP contribution < -0.4 is 10.1 Å². The molecule has 1 amide bonds. The third kappa shape index (κ3) is 4.63. The first-order valence-corrected chi connectivity index (χ1v) is 7.90. The molecule has 24 heavy (non-hydrogen) atoms. The number of carbonyl (C=O) groups is 2. The van der Waals surface area contributed by atoms with Crippen LogP contribution in [0.25, 0.3) is 0 Å². The standard InChI is InChI=1S/C17H15Cl2NO4/c1-2-10-3-6-15(24-9-16(21)22)12(7-10)17(23)20-11-4-5-13(18)14(19)8-11/h3-8H,2,9H2,1H3,(H,20,23)(H,21,22). The highest BCUT2D eigenvalue weighted by atomic mass is 35.5. The maximum Gasteiger partial charge on any atom is 0.341 e. The minimum atomic E-state index is -1.12. The number of carboxylic acids is 1. The molecular formula is C17H15Cl2NO4. The number of benzene rings is 2. The molecule has 126 valence electrons. The van der Waals surface area contributed by atoms with Gasteiger partial charge in [0.05, 0.1) is 15.6 Å². The van der Waals surface area contributed by atoms with Crippen LogP contribution >= 0.6 is 23.2 Å². The maximum atomic E-state index is 12.5. The third-order valence-corrected chi connectivity index (χ3v) is 3.96. The Hall–Kier alpha value is -2.24. The molecule has 5 nitrogen and oxygen atoms in total. The van der Waals surface area contributed by atoms with Crippen molar-refractivity contribution in [3.63, 3.8) is 0 Å². The van der Waals surface area contributed by atoms with Crippen LogP contribution in [0.1, 0.15) is 22.8 Å². The lowest BCUT2D eigenvalue weighted by Gasteiger charge is -2.12. The molecule has 2 N–H and O–H groups in total. The first-order valence-electron chi connectivity index (χ1n) is 7.14. The zero-order chi connectivity index (χ0) is 17.7. The fourth-order valence-corrected chi connectivity index (χ4v) is 2.31. The second kappa shape index (κ2) is 8.04. The molecule has 0 aliphatic carbocycles. The molecule has 0 aromatic heterocycles. The lowest BCUT2D eigenvalue weighted by Crippen LogP contribution is -2.16. The van der Waals surface area contributed by atoms with Gasteiger partial charge in [-0.05, 0) is 42.3 Å². The monoisotopic (exact) mass is 367 g/mol. The Kier molecular flexibility index (Phi) is 6.06. The average Bonchev–Trinajstić information content (AvgIpc) is 2.56. The number of ether oxygens (including phenoxy) is 1. The highest BCUT2D eigenvalue weighted by molar-refractivity contribution is 6.42. The summed E-state index contributed by atoms with van der Waals surface area (Å²) in [6.07, 6.45) is 0.728. The molecule has 0 fully saturated rings. The summed E-state index contributed by atoms with van der Waals surface area (Å²) in [5.41, 5.74) is 1.65. The zero-order valence-electron chi connectivity index (χ0n) is 12.8. The number of amides is 1. The number of hydrogen-bond acceptors (Lipinski definition) is 3. The van der Waals surface area contributed by atoms with Crippen LogP contribution in [0, 0.1) is 0 Å². The molecular weight excluding hydrogens is 353 g/mol. The third-order valence-electron chi connectivity index (χ3n) is 3.23. The number of carbonyl (C=O) groups excluding carboxylic acids is 1. The molecule has 0 unspecified atom stereocenters. The van der Waals surface area contributed by atoms with Crippen LogP contribution in [-0.4, -0.2) is 23.6 Å². The lowest BCUT2D eigenvalue weighted by molar-refractivity contribution is -0.139. The molecule has 0 saturated carbocycles. The van der Waals surface area contributed by atoms with Crippen molar-refractivity contribution in [2.24, 2.45) is 0 Å². The fourth-order valence-electron chi connectivity index (χ4n) is 2.01. The Morgan fingerprint density at radius 1 is 1.12 bits per heavy atom. The van der Waals surface area contributed by atoms with Crippen LogP contribution in [0.4, 0.5) is 5.69 Å². The van der Waals surface area contributed by atoms with Gasteiger partial charge < -0.3 is 15.2 Å². The summed E-state index contributed by atoms with van der Waals surface area (Å²) >= 11 is 11.8. The number of hydrogen-bond donors (Lipinski definition) is 2. The van der Waals surface area contributed by atoms with Crippen LogP contribution in [0.5, 0.6) is 5.75 Å². The Balaban J connectivity index is 2.28. The van der Waals surface area contributed by atoms with Gasteiger partial charge in [0.2, 0.25) is 0 Å². The fraction of sp³-hybridized carbons (Fsp3) is 0.176. The smallest absolute Gasteiger partial charge is 0.341 e. The zero-order valence-corrected chi connectivity index (χ0v) is 14.3. The predicted octanol–water partition coefficient (Wildman–Crippen LogP) is 4.27. The second-order valence-corrected chi connectivity index (χ2v) is 5.76. The van der Waals surface area contributed by atoms with Crippen LogP contribution in [0.2, 0.25) is 10.0 Å². The summed E-state index contributed by atoms with van der Waals surface area (Å²) < 4.78 is 5.19. The molecule has 0 bridgehead atoms. The summed E-state index contributed by atoms with van der Waals surface area (Å²) in [4.78, 5) is 23.2. The van der Waals surface area contributed by atoms with Crippen LogP contribution in [0.15, 0.2) is 36.4 Å². The molecule has 0 aliphatic heterocycles. The molecule has 0 aliphatic rings. The van der Waals surface area contributed by atoms with Gasteiger partial charge in [0.25, 0.3) is 5.91 Å². The molecule has 0 heterocycles. The summed E-state index contributed by atoms with van der Waals surface area (Å²) in [6.45, 7) is 1.42. The van der Waals surface area contributed by atoms with E-state index in [1.165, 1.54) is 6.07 Å². The van der Waals surface area contributed by atoms with Crippen molar-refractivity contribution < 1.29 is 19.4 Å². The minimum Gasteiger partial charge on any atom is -0.481 e. The SMILES string of the molecule is CCc1ccc(OCC(=O)O)c(C(=O)Nc2ccc(Cl)c(Cl)c2)c1. The molecule has 0 saturated heterocycles. The summed E-state index contributed by atoms with van der Waals surface area (Å²) in [5.74, 6) is -1.35. The topological polar surface area (TPSA) is 75.6 Å². The van der Waals surface area contributed by atoms with Gasteiger partial charge in [0, 0.05) is 5.69 Å². The molecule has 2 rings (SSSR count). The molecule has 0 radical (unpaired) electrons. The predicted molar refractivity (Wildman–Crippen MR) is 93.4 cm³/mol. The molecule has 2 aromatic carbocycles. The van der Waals surface area contributed by atoms with E-state index < -0.39 is 18.5 Å². The maximum absolute atomic E-state index is 12.5. The summed E-state index contributed by atoms with van der Waals surface area (Å²) in [6, 6.07) is 9.77. The summed E-state index contributed by atoms with van der Waals surface area (Å²) in [5, 5.41) is 12.1. The van der Waals surface area contributed by atoms with E-state index in [1.54, 1.807) is 30.3 Å². The number of carboxylic acid groups (broad SMARTS) is 1. The van der Waals surface area contributed by atoms with E-state index in [0.29, 0.717) is 15.7 Å². The number of halogens is 2. The lowest BCUT2D eigenvalue weighted by atomic mass is 10.1. The van der Waals surface area contributed by atoms with Gasteiger partial charge >= 0.3 is 5.97 Å². The molecule has 2 aromatic rings. The van der Waals surface area contributed by atoms with E-state index in [2.05, 4.69) is 5.32 Å². The van der Waals surface area contributed by atoms with Gasteiger partial charge in [-0.3, -0.25) is 4.79 Å². The van der Waals surface area contributed by atoms with E-state index in [1.807, 2.05) is 6.92 Å². The van der Waals surface area contributed by atoms with E-state index >= 15 is 0 Å². The van der Waals surface area contributed by atoms with Gasteiger partial charge in [-0.2, -0.15) is 0 Å². The Bertz CT molecular complexity index is 777. The highest BCUT2D eigenvalue weighted by Gasteiger charge is 2.15. The first-order chi connectivity index (χ1) is 11.4. The van der Waals surface area contributed by atoms with Gasteiger partial charge in [0.15, 0.2) is 6.61 Å². The minimum absolute atomic E-state index is 0.201. The van der Waals surface area contributed by atoms with E-state index in [0.717, 1.165) is 12.0 Å². The Morgan fingerprint density at radius 3 is 2.50 bits per heavy atom. The van der Waals surface area contributed by atoms with E-state index in [4.69, 9.17) is 33.0 Å². The van der Waals surface area contributed by atoms with Crippen molar-refractivity contribution in [2.75, 3.05) is 11.9 Å². The van der Waals surface area contributed by atoms with Crippen LogP contribution in [0.3, 0.4) is 0 Å². The average molecular weight is 368 g/mol. The molecule has 0 spiro atoms. The normalized spacial score (nSPS) is 10.3. The van der Waals surface area contributed by atoms with Gasteiger partial charge in [-0.15, -0.1) is 0 Å². The Labute approximate surface area is 149 Å². The number of nitrogens with one attached hydrogen (secondary N) is 1. The van der Waals surface area contributed by atoms with Crippen molar-refractivity contribution in [1.82, 2.24) is 0 Å². The molecule has 0 atom stereocenters. The van der Waals surface area contributed by atoms with Crippen molar-refractivity contribution in [1.29, 1.82) is 0 Å². The first kappa shape index (κ1) is 18.1. The van der Waals surface area contributed by atoms with E-state index in [9.17, 15) is 9.59 Å². The largest absolute Gasteiger partial charge is 0.481 e. The van der Waals surface area contributed by atoms with Gasteiger partial charge in [-0.1, -0.05) is 36.2 Å². The number of rotatable bonds is 6.